The molecule has 0 atom stereocenters. The molecule has 0 unspecified atom stereocenters. The molecule has 4 heteroatoms. The van der Waals surface area contributed by atoms with Crippen LogP contribution in [0.2, 0.25) is 5.02 Å². The van der Waals surface area contributed by atoms with Gasteiger partial charge < -0.3 is 9.47 Å². The van der Waals surface area contributed by atoms with Gasteiger partial charge in [0.15, 0.2) is 11.5 Å². The van der Waals surface area contributed by atoms with Crippen molar-refractivity contribution in [3.63, 3.8) is 0 Å². The number of hydrogen-bond acceptors (Lipinski definition) is 3. The molecular formula is C27H20ClNO2. The zero-order valence-corrected chi connectivity index (χ0v) is 17.8. The van der Waals surface area contributed by atoms with Crippen LogP contribution in [0.15, 0.2) is 84.9 Å². The van der Waals surface area contributed by atoms with Crippen LogP contribution in [0.3, 0.4) is 0 Å². The van der Waals surface area contributed by atoms with E-state index in [1.54, 1.807) is 19.2 Å². The van der Waals surface area contributed by atoms with Crippen LogP contribution in [0, 0.1) is 11.3 Å². The van der Waals surface area contributed by atoms with Crippen LogP contribution >= 0.6 is 11.6 Å². The lowest BCUT2D eigenvalue weighted by Gasteiger charge is -2.13. The standard InChI is InChI=1S/C27H20ClNO2/c1-30-27-15-19(14-23(17-29)21-8-5-10-24(28)16-21)12-13-26(27)31-18-22-9-4-7-20-6-2-3-11-25(20)22/h2-16H,18H2,1H3/b23-14-. The summed E-state index contributed by atoms with van der Waals surface area (Å²) in [5.41, 5.74) is 3.24. The number of nitrogens with zero attached hydrogens (tertiary/aromatic N) is 1. The molecule has 0 aliphatic heterocycles. The van der Waals surface area contributed by atoms with Crippen LogP contribution in [0.25, 0.3) is 22.4 Å². The van der Waals surface area contributed by atoms with Gasteiger partial charge in [-0.3, -0.25) is 0 Å². The fourth-order valence-corrected chi connectivity index (χ4v) is 3.66. The number of rotatable bonds is 6. The van der Waals surface area contributed by atoms with Gasteiger partial charge in [-0.1, -0.05) is 72.3 Å². The van der Waals surface area contributed by atoms with Gasteiger partial charge in [-0.15, -0.1) is 0 Å². The van der Waals surface area contributed by atoms with Crippen molar-refractivity contribution in [3.05, 3.63) is 107 Å². The van der Waals surface area contributed by atoms with E-state index in [0.29, 0.717) is 28.7 Å². The Morgan fingerprint density at radius 3 is 2.55 bits per heavy atom. The van der Waals surface area contributed by atoms with E-state index in [1.165, 1.54) is 10.8 Å². The van der Waals surface area contributed by atoms with Gasteiger partial charge in [0.2, 0.25) is 0 Å². The zero-order chi connectivity index (χ0) is 21.6. The molecule has 4 rings (SSSR count). The lowest BCUT2D eigenvalue weighted by molar-refractivity contribution is 0.285. The van der Waals surface area contributed by atoms with Crippen molar-refractivity contribution in [2.45, 2.75) is 6.61 Å². The molecule has 0 saturated heterocycles. The summed E-state index contributed by atoms with van der Waals surface area (Å²) in [6.07, 6.45) is 1.81. The summed E-state index contributed by atoms with van der Waals surface area (Å²) in [4.78, 5) is 0. The van der Waals surface area contributed by atoms with E-state index in [4.69, 9.17) is 21.1 Å². The molecule has 4 aromatic rings. The second-order valence-electron chi connectivity index (χ2n) is 7.02. The first-order chi connectivity index (χ1) is 15.2. The van der Waals surface area contributed by atoms with Gasteiger partial charge in [-0.25, -0.2) is 0 Å². The van der Waals surface area contributed by atoms with Gasteiger partial charge in [0, 0.05) is 5.02 Å². The smallest absolute Gasteiger partial charge is 0.161 e. The summed E-state index contributed by atoms with van der Waals surface area (Å²) in [5.74, 6) is 1.26. The van der Waals surface area contributed by atoms with Crippen molar-refractivity contribution in [1.82, 2.24) is 0 Å². The van der Waals surface area contributed by atoms with Gasteiger partial charge >= 0.3 is 0 Å². The normalized spacial score (nSPS) is 11.2. The van der Waals surface area contributed by atoms with Crippen LogP contribution < -0.4 is 9.47 Å². The van der Waals surface area contributed by atoms with Crippen LogP contribution in [-0.2, 0) is 6.61 Å². The third-order valence-corrected chi connectivity index (χ3v) is 5.25. The van der Waals surface area contributed by atoms with Gasteiger partial charge in [0.1, 0.15) is 6.61 Å². The maximum atomic E-state index is 9.59. The summed E-state index contributed by atoms with van der Waals surface area (Å²) in [6.45, 7) is 0.429. The summed E-state index contributed by atoms with van der Waals surface area (Å²) < 4.78 is 11.6. The van der Waals surface area contributed by atoms with E-state index in [1.807, 2.05) is 54.6 Å². The average Bonchev–Trinajstić information content (AvgIpc) is 2.81. The van der Waals surface area contributed by atoms with E-state index in [0.717, 1.165) is 16.7 Å². The van der Waals surface area contributed by atoms with Crippen LogP contribution in [0.5, 0.6) is 11.5 Å². The minimum absolute atomic E-state index is 0.429. The van der Waals surface area contributed by atoms with Crippen molar-refractivity contribution in [2.75, 3.05) is 7.11 Å². The summed E-state index contributed by atoms with van der Waals surface area (Å²) in [5, 5.41) is 12.5. The van der Waals surface area contributed by atoms with Crippen molar-refractivity contribution in [3.8, 4) is 17.6 Å². The maximum Gasteiger partial charge on any atom is 0.161 e. The molecule has 0 aromatic heterocycles. The molecule has 0 aliphatic rings. The first-order valence-corrected chi connectivity index (χ1v) is 10.2. The first kappa shape index (κ1) is 20.5. The Morgan fingerprint density at radius 2 is 1.74 bits per heavy atom. The topological polar surface area (TPSA) is 42.2 Å². The minimum Gasteiger partial charge on any atom is -0.493 e. The fraction of sp³-hybridized carbons (Fsp3) is 0.0741. The Labute approximate surface area is 186 Å². The van der Waals surface area contributed by atoms with Gasteiger partial charge in [0.05, 0.1) is 18.8 Å². The number of nitriles is 1. The number of fused-ring (bicyclic) bond motifs is 1. The molecule has 152 valence electrons. The Bertz CT molecular complexity index is 1300. The van der Waals surface area contributed by atoms with Crippen LogP contribution in [0.1, 0.15) is 16.7 Å². The number of halogens is 1. The molecule has 0 bridgehead atoms. The fourth-order valence-electron chi connectivity index (χ4n) is 3.47. The molecule has 0 saturated carbocycles. The highest BCUT2D eigenvalue weighted by Gasteiger charge is 2.09. The summed E-state index contributed by atoms with van der Waals surface area (Å²) in [7, 11) is 1.61. The van der Waals surface area contributed by atoms with E-state index in [-0.39, 0.29) is 0 Å². The SMILES string of the molecule is COc1cc(/C=C(/C#N)c2cccc(Cl)c2)ccc1OCc1cccc2ccccc12. The molecule has 0 heterocycles. The Hall–Kier alpha value is -3.74. The van der Waals surface area contributed by atoms with Crippen LogP contribution in [0.4, 0.5) is 0 Å². The van der Waals surface area contributed by atoms with Gasteiger partial charge in [-0.05, 0) is 57.8 Å². The third-order valence-electron chi connectivity index (χ3n) is 5.02. The molecule has 0 amide bonds. The quantitative estimate of drug-likeness (QED) is 0.243. The molecule has 4 aromatic carbocycles. The number of methoxy groups -OCH3 is 1. The highest BCUT2D eigenvalue weighted by Crippen LogP contribution is 2.31. The van der Waals surface area contributed by atoms with Crippen molar-refractivity contribution < 1.29 is 9.47 Å². The minimum atomic E-state index is 0.429. The first-order valence-electron chi connectivity index (χ1n) is 9.83. The Kier molecular flexibility index (Phi) is 6.21. The number of allylic oxidation sites excluding steroid dienone is 1. The molecule has 0 fully saturated rings. The third kappa shape index (κ3) is 4.71. The molecule has 0 radical (unpaired) electrons. The zero-order valence-electron chi connectivity index (χ0n) is 17.0. The molecular weight excluding hydrogens is 406 g/mol. The molecule has 0 aliphatic carbocycles. The molecule has 3 nitrogen and oxygen atoms in total. The Balaban J connectivity index is 1.59. The molecule has 31 heavy (non-hydrogen) atoms. The molecule has 0 N–H and O–H groups in total. The summed E-state index contributed by atoms with van der Waals surface area (Å²) in [6, 6.07) is 29.5. The monoisotopic (exact) mass is 425 g/mol. The highest BCUT2D eigenvalue weighted by molar-refractivity contribution is 6.30. The van der Waals surface area contributed by atoms with Crippen molar-refractivity contribution in [2.24, 2.45) is 0 Å². The van der Waals surface area contributed by atoms with E-state index in [9.17, 15) is 5.26 Å². The largest absolute Gasteiger partial charge is 0.493 e. The second kappa shape index (κ2) is 9.38. The van der Waals surface area contributed by atoms with Crippen LogP contribution in [-0.4, -0.2) is 7.11 Å². The van der Waals surface area contributed by atoms with Crippen molar-refractivity contribution in [1.29, 1.82) is 5.26 Å². The van der Waals surface area contributed by atoms with Gasteiger partial charge in [0.25, 0.3) is 0 Å². The number of ether oxygens (including phenoxy) is 2. The average molecular weight is 426 g/mol. The highest BCUT2D eigenvalue weighted by atomic mass is 35.5. The van der Waals surface area contributed by atoms with E-state index in [2.05, 4.69) is 30.3 Å². The lowest BCUT2D eigenvalue weighted by atomic mass is 10.0. The maximum absolute atomic E-state index is 9.59. The summed E-state index contributed by atoms with van der Waals surface area (Å²) >= 11 is 6.07. The van der Waals surface area contributed by atoms with E-state index >= 15 is 0 Å². The predicted molar refractivity (Wildman–Crippen MR) is 126 cm³/mol. The lowest BCUT2D eigenvalue weighted by Crippen LogP contribution is -1.98. The van der Waals surface area contributed by atoms with Gasteiger partial charge in [-0.2, -0.15) is 5.26 Å². The molecule has 0 spiro atoms. The predicted octanol–water partition coefficient (Wildman–Crippen LogP) is 7.14. The second-order valence-corrected chi connectivity index (χ2v) is 7.45. The van der Waals surface area contributed by atoms with Crippen molar-refractivity contribution >= 4 is 34.0 Å². The van der Waals surface area contributed by atoms with E-state index < -0.39 is 0 Å². The number of hydrogen-bond donors (Lipinski definition) is 0. The number of benzene rings is 4. The Morgan fingerprint density at radius 1 is 0.935 bits per heavy atom.